The van der Waals surface area contributed by atoms with Crippen molar-refractivity contribution < 1.29 is 14.6 Å². The Morgan fingerprint density at radius 2 is 1.85 bits per heavy atom. The maximum atomic E-state index is 9.91. The highest BCUT2D eigenvalue weighted by Gasteiger charge is 2.14. The van der Waals surface area contributed by atoms with Crippen LogP contribution in [0.3, 0.4) is 0 Å². The summed E-state index contributed by atoms with van der Waals surface area (Å²) in [7, 11) is 2.97. The summed E-state index contributed by atoms with van der Waals surface area (Å²) in [6.07, 6.45) is 1.70. The van der Waals surface area contributed by atoms with Gasteiger partial charge in [-0.25, -0.2) is 9.97 Å². The van der Waals surface area contributed by atoms with Gasteiger partial charge in [0.2, 0.25) is 5.75 Å². The molecule has 3 rings (SSSR count). The number of ether oxygens (including phenoxy) is 2. The monoisotopic (exact) mass is 271 g/mol. The fourth-order valence-corrected chi connectivity index (χ4v) is 2.01. The van der Waals surface area contributed by atoms with Crippen LogP contribution in [0.15, 0.2) is 30.5 Å². The molecule has 20 heavy (non-hydrogen) atoms. The molecule has 0 amide bonds. The van der Waals surface area contributed by atoms with E-state index in [9.17, 15) is 5.11 Å². The number of methoxy groups -OCH3 is 2. The smallest absolute Gasteiger partial charge is 0.200 e. The lowest BCUT2D eigenvalue weighted by molar-refractivity contribution is 0.340. The Balaban J connectivity index is 2.18. The molecule has 0 radical (unpaired) electrons. The molecule has 1 aromatic carbocycles. The topological polar surface area (TPSA) is 80.3 Å². The third kappa shape index (κ3) is 1.91. The molecule has 2 N–H and O–H groups in total. The SMILES string of the molecule is COc1cc(-c2nc3cccnc3[nH]2)cc(OC)c1O. The van der Waals surface area contributed by atoms with E-state index in [0.717, 1.165) is 11.1 Å². The van der Waals surface area contributed by atoms with Crippen molar-refractivity contribution in [3.05, 3.63) is 30.5 Å². The summed E-state index contributed by atoms with van der Waals surface area (Å²) in [5.74, 6) is 1.25. The second-order valence-corrected chi connectivity index (χ2v) is 4.19. The molecular formula is C14H13N3O3. The fraction of sp³-hybridized carbons (Fsp3) is 0.143. The Bertz CT molecular complexity index is 709. The van der Waals surface area contributed by atoms with Crippen molar-refractivity contribution in [2.45, 2.75) is 0 Å². The highest BCUT2D eigenvalue weighted by molar-refractivity contribution is 5.77. The lowest BCUT2D eigenvalue weighted by Gasteiger charge is -2.09. The molecule has 102 valence electrons. The predicted molar refractivity (Wildman–Crippen MR) is 74.1 cm³/mol. The molecule has 0 aliphatic rings. The summed E-state index contributed by atoms with van der Waals surface area (Å²) in [6.45, 7) is 0. The number of phenolic OH excluding ortho intramolecular Hbond substituents is 1. The second-order valence-electron chi connectivity index (χ2n) is 4.19. The minimum absolute atomic E-state index is 0.0343. The van der Waals surface area contributed by atoms with Crippen LogP contribution in [0.25, 0.3) is 22.6 Å². The molecule has 6 nitrogen and oxygen atoms in total. The molecule has 2 heterocycles. The van der Waals surface area contributed by atoms with Gasteiger partial charge in [-0.3, -0.25) is 0 Å². The third-order valence-electron chi connectivity index (χ3n) is 3.01. The van der Waals surface area contributed by atoms with Crippen molar-refractivity contribution >= 4 is 11.2 Å². The zero-order chi connectivity index (χ0) is 14.1. The Hall–Kier alpha value is -2.76. The number of nitrogens with one attached hydrogen (secondary N) is 1. The maximum Gasteiger partial charge on any atom is 0.200 e. The number of fused-ring (bicyclic) bond motifs is 1. The first-order chi connectivity index (χ1) is 9.72. The molecule has 0 atom stereocenters. The number of nitrogens with zero attached hydrogens (tertiary/aromatic N) is 2. The normalized spacial score (nSPS) is 10.7. The van der Waals surface area contributed by atoms with Gasteiger partial charge in [0.1, 0.15) is 11.3 Å². The van der Waals surface area contributed by atoms with Crippen LogP contribution >= 0.6 is 0 Å². The van der Waals surface area contributed by atoms with Crippen LogP contribution in [0.2, 0.25) is 0 Å². The first-order valence-electron chi connectivity index (χ1n) is 5.99. The number of rotatable bonds is 3. The van der Waals surface area contributed by atoms with Gasteiger partial charge in [0.05, 0.1) is 14.2 Å². The molecule has 0 bridgehead atoms. The van der Waals surface area contributed by atoms with Crippen molar-refractivity contribution in [3.63, 3.8) is 0 Å². The summed E-state index contributed by atoms with van der Waals surface area (Å²) in [5, 5.41) is 9.91. The highest BCUT2D eigenvalue weighted by atomic mass is 16.5. The van der Waals surface area contributed by atoms with E-state index in [2.05, 4.69) is 15.0 Å². The first-order valence-corrected chi connectivity index (χ1v) is 5.99. The minimum Gasteiger partial charge on any atom is -0.502 e. The van der Waals surface area contributed by atoms with Gasteiger partial charge < -0.3 is 19.6 Å². The number of pyridine rings is 1. The molecule has 0 fully saturated rings. The number of phenols is 1. The number of aromatic amines is 1. The van der Waals surface area contributed by atoms with Crippen molar-refractivity contribution in [3.8, 4) is 28.6 Å². The fourth-order valence-electron chi connectivity index (χ4n) is 2.01. The van der Waals surface area contributed by atoms with Gasteiger partial charge in [-0.15, -0.1) is 0 Å². The third-order valence-corrected chi connectivity index (χ3v) is 3.01. The van der Waals surface area contributed by atoms with E-state index >= 15 is 0 Å². The standard InChI is InChI=1S/C14H13N3O3/c1-19-10-6-8(7-11(20-2)12(10)18)13-16-9-4-3-5-15-14(9)17-13/h3-7,18H,1-2H3,(H,15,16,17). The maximum absolute atomic E-state index is 9.91. The number of H-pyrrole nitrogens is 1. The van der Waals surface area contributed by atoms with Crippen LogP contribution in [0, 0.1) is 0 Å². The number of hydrogen-bond donors (Lipinski definition) is 2. The summed E-state index contributed by atoms with van der Waals surface area (Å²) >= 11 is 0. The molecule has 0 spiro atoms. The number of hydrogen-bond acceptors (Lipinski definition) is 5. The van der Waals surface area contributed by atoms with Gasteiger partial charge in [-0.1, -0.05) is 0 Å². The minimum atomic E-state index is -0.0343. The Kier molecular flexibility index (Phi) is 2.90. The van der Waals surface area contributed by atoms with E-state index in [4.69, 9.17) is 9.47 Å². The summed E-state index contributed by atoms with van der Waals surface area (Å²) < 4.78 is 10.3. The number of aromatic nitrogens is 3. The largest absolute Gasteiger partial charge is 0.502 e. The molecule has 6 heteroatoms. The van der Waals surface area contributed by atoms with E-state index in [0.29, 0.717) is 23.0 Å². The van der Waals surface area contributed by atoms with E-state index in [1.807, 2.05) is 12.1 Å². The van der Waals surface area contributed by atoms with Crippen LogP contribution in [0.5, 0.6) is 17.2 Å². The Labute approximate surface area is 115 Å². The van der Waals surface area contributed by atoms with Crippen molar-refractivity contribution in [2.75, 3.05) is 14.2 Å². The molecule has 0 aliphatic heterocycles. The molecule has 2 aromatic heterocycles. The second kappa shape index (κ2) is 4.73. The number of benzene rings is 1. The average molecular weight is 271 g/mol. The van der Waals surface area contributed by atoms with Gasteiger partial charge in [0, 0.05) is 11.8 Å². The molecule has 3 aromatic rings. The van der Waals surface area contributed by atoms with E-state index in [-0.39, 0.29) is 5.75 Å². The summed E-state index contributed by atoms with van der Waals surface area (Å²) in [5.41, 5.74) is 2.22. The average Bonchev–Trinajstić information content (AvgIpc) is 2.91. The van der Waals surface area contributed by atoms with Crippen molar-refractivity contribution in [2.24, 2.45) is 0 Å². The van der Waals surface area contributed by atoms with Gasteiger partial charge in [0.15, 0.2) is 17.1 Å². The van der Waals surface area contributed by atoms with Crippen molar-refractivity contribution in [1.82, 2.24) is 15.0 Å². The molecular weight excluding hydrogens is 258 g/mol. The van der Waals surface area contributed by atoms with E-state index < -0.39 is 0 Å². The first kappa shape index (κ1) is 12.3. The molecule has 0 aliphatic carbocycles. The van der Waals surface area contributed by atoms with Crippen LogP contribution in [-0.4, -0.2) is 34.3 Å². The lowest BCUT2D eigenvalue weighted by Crippen LogP contribution is -1.91. The lowest BCUT2D eigenvalue weighted by atomic mass is 10.1. The summed E-state index contributed by atoms with van der Waals surface area (Å²) in [6, 6.07) is 7.08. The number of imidazole rings is 1. The van der Waals surface area contributed by atoms with Crippen LogP contribution in [-0.2, 0) is 0 Å². The van der Waals surface area contributed by atoms with Gasteiger partial charge in [-0.2, -0.15) is 0 Å². The summed E-state index contributed by atoms with van der Waals surface area (Å²) in [4.78, 5) is 11.8. The Morgan fingerprint density at radius 3 is 2.45 bits per heavy atom. The van der Waals surface area contributed by atoms with E-state index in [1.165, 1.54) is 14.2 Å². The van der Waals surface area contributed by atoms with E-state index in [1.54, 1.807) is 18.3 Å². The van der Waals surface area contributed by atoms with Gasteiger partial charge in [-0.05, 0) is 24.3 Å². The van der Waals surface area contributed by atoms with Crippen LogP contribution in [0.4, 0.5) is 0 Å². The zero-order valence-corrected chi connectivity index (χ0v) is 11.0. The van der Waals surface area contributed by atoms with Gasteiger partial charge >= 0.3 is 0 Å². The van der Waals surface area contributed by atoms with Crippen molar-refractivity contribution in [1.29, 1.82) is 0 Å². The molecule has 0 unspecified atom stereocenters. The zero-order valence-electron chi connectivity index (χ0n) is 11.0. The van der Waals surface area contributed by atoms with Crippen LogP contribution < -0.4 is 9.47 Å². The highest BCUT2D eigenvalue weighted by Crippen LogP contribution is 2.39. The van der Waals surface area contributed by atoms with Gasteiger partial charge in [0.25, 0.3) is 0 Å². The Morgan fingerprint density at radius 1 is 1.15 bits per heavy atom. The van der Waals surface area contributed by atoms with Crippen LogP contribution in [0.1, 0.15) is 0 Å². The molecule has 0 saturated carbocycles. The number of aromatic hydroxyl groups is 1. The predicted octanol–water partition coefficient (Wildman–Crippen LogP) is 2.35. The molecule has 0 saturated heterocycles. The quantitative estimate of drug-likeness (QED) is 0.764.